The van der Waals surface area contributed by atoms with E-state index >= 15 is 0 Å². The highest BCUT2D eigenvalue weighted by Crippen LogP contribution is 2.47. The maximum atomic E-state index is 8.96. The summed E-state index contributed by atoms with van der Waals surface area (Å²) in [6, 6.07) is 3.89. The van der Waals surface area contributed by atoms with Crippen LogP contribution in [-0.2, 0) is 6.54 Å². The van der Waals surface area contributed by atoms with Gasteiger partial charge in [-0.3, -0.25) is 0 Å². The van der Waals surface area contributed by atoms with Crippen LogP contribution in [-0.4, -0.2) is 30.4 Å². The monoisotopic (exact) mass is 236 g/mol. The second kappa shape index (κ2) is 5.47. The topological polar surface area (TPSA) is 54.4 Å². The first-order valence-corrected chi connectivity index (χ1v) is 6.08. The quantitative estimate of drug-likeness (QED) is 0.750. The molecule has 0 aromatic carbocycles. The number of methoxy groups -OCH3 is 1. The molecule has 1 fully saturated rings. The molecule has 1 aromatic rings. The van der Waals surface area contributed by atoms with Gasteiger partial charge >= 0.3 is 0 Å². The number of hydrogen-bond donors (Lipinski definition) is 2. The van der Waals surface area contributed by atoms with Crippen LogP contribution in [0.15, 0.2) is 18.3 Å². The average molecular weight is 236 g/mol. The Morgan fingerprint density at radius 2 is 2.29 bits per heavy atom. The molecule has 0 atom stereocenters. The largest absolute Gasteiger partial charge is 0.481 e. The molecule has 1 aromatic heterocycles. The molecule has 0 aliphatic heterocycles. The molecule has 94 valence electrons. The molecule has 4 heteroatoms. The fourth-order valence-corrected chi connectivity index (χ4v) is 2.04. The van der Waals surface area contributed by atoms with Gasteiger partial charge < -0.3 is 15.2 Å². The number of ether oxygens (including phenoxy) is 1. The van der Waals surface area contributed by atoms with E-state index in [0.29, 0.717) is 17.9 Å². The summed E-state index contributed by atoms with van der Waals surface area (Å²) >= 11 is 0. The molecule has 1 aliphatic carbocycles. The summed E-state index contributed by atoms with van der Waals surface area (Å²) in [5.74, 6) is 0.646. The van der Waals surface area contributed by atoms with E-state index in [0.717, 1.165) is 25.1 Å². The highest BCUT2D eigenvalue weighted by molar-refractivity contribution is 5.17. The van der Waals surface area contributed by atoms with Crippen molar-refractivity contribution in [3.8, 4) is 5.88 Å². The first kappa shape index (κ1) is 12.3. The van der Waals surface area contributed by atoms with Crippen molar-refractivity contribution >= 4 is 0 Å². The summed E-state index contributed by atoms with van der Waals surface area (Å²) in [5.41, 5.74) is 1.53. The number of pyridine rings is 1. The Morgan fingerprint density at radius 1 is 1.47 bits per heavy atom. The molecule has 1 aliphatic rings. The van der Waals surface area contributed by atoms with Gasteiger partial charge in [-0.05, 0) is 30.2 Å². The van der Waals surface area contributed by atoms with E-state index < -0.39 is 0 Å². The van der Waals surface area contributed by atoms with Gasteiger partial charge in [0.2, 0.25) is 5.88 Å². The smallest absolute Gasteiger partial charge is 0.212 e. The lowest BCUT2D eigenvalue weighted by molar-refractivity contribution is 0.245. The fourth-order valence-electron chi connectivity index (χ4n) is 2.04. The lowest BCUT2D eigenvalue weighted by Gasteiger charge is -2.14. The molecule has 1 saturated carbocycles. The van der Waals surface area contributed by atoms with Crippen molar-refractivity contribution in [1.82, 2.24) is 10.3 Å². The Labute approximate surface area is 102 Å². The van der Waals surface area contributed by atoms with Crippen LogP contribution in [0.3, 0.4) is 0 Å². The zero-order valence-electron chi connectivity index (χ0n) is 10.3. The van der Waals surface area contributed by atoms with E-state index in [9.17, 15) is 0 Å². The van der Waals surface area contributed by atoms with E-state index in [1.54, 1.807) is 7.11 Å². The number of nitrogens with zero attached hydrogens (tertiary/aromatic N) is 1. The lowest BCUT2D eigenvalue weighted by Crippen LogP contribution is -2.24. The zero-order valence-corrected chi connectivity index (χ0v) is 10.3. The standard InChI is InChI=1S/C13H20N2O2/c1-17-12-3-2-11(9-15-12)8-14-10-13(4-5-13)6-7-16/h2-3,9,14,16H,4-8,10H2,1H3. The molecule has 0 spiro atoms. The Kier molecular flexibility index (Phi) is 3.97. The summed E-state index contributed by atoms with van der Waals surface area (Å²) in [4.78, 5) is 4.16. The summed E-state index contributed by atoms with van der Waals surface area (Å²) in [5, 5.41) is 12.4. The van der Waals surface area contributed by atoms with Crippen LogP contribution in [0.25, 0.3) is 0 Å². The molecule has 0 amide bonds. The third kappa shape index (κ3) is 3.41. The third-order valence-electron chi connectivity index (χ3n) is 3.44. The molecule has 0 bridgehead atoms. The average Bonchev–Trinajstić information content (AvgIpc) is 3.11. The second-order valence-electron chi connectivity index (χ2n) is 4.79. The van der Waals surface area contributed by atoms with Crippen molar-refractivity contribution in [2.75, 3.05) is 20.3 Å². The van der Waals surface area contributed by atoms with Crippen LogP contribution in [0, 0.1) is 5.41 Å². The maximum absolute atomic E-state index is 8.96. The minimum absolute atomic E-state index is 0.297. The van der Waals surface area contributed by atoms with Gasteiger partial charge in [0, 0.05) is 32.0 Å². The second-order valence-corrected chi connectivity index (χ2v) is 4.79. The molecule has 17 heavy (non-hydrogen) atoms. The number of aromatic nitrogens is 1. The predicted octanol–water partition coefficient (Wildman–Crippen LogP) is 1.34. The Morgan fingerprint density at radius 3 is 2.82 bits per heavy atom. The van der Waals surface area contributed by atoms with E-state index in [-0.39, 0.29) is 0 Å². The molecule has 2 N–H and O–H groups in total. The van der Waals surface area contributed by atoms with Crippen LogP contribution in [0.1, 0.15) is 24.8 Å². The summed E-state index contributed by atoms with van der Waals surface area (Å²) < 4.78 is 5.01. The van der Waals surface area contributed by atoms with Crippen LogP contribution in [0.2, 0.25) is 0 Å². The van der Waals surface area contributed by atoms with Gasteiger partial charge in [0.05, 0.1) is 7.11 Å². The van der Waals surface area contributed by atoms with Gasteiger partial charge in [0.1, 0.15) is 0 Å². The van der Waals surface area contributed by atoms with E-state index in [1.807, 2.05) is 18.3 Å². The zero-order chi connectivity index (χ0) is 12.1. The van der Waals surface area contributed by atoms with E-state index in [2.05, 4.69) is 10.3 Å². The van der Waals surface area contributed by atoms with Crippen LogP contribution >= 0.6 is 0 Å². The fraction of sp³-hybridized carbons (Fsp3) is 0.615. The Hall–Kier alpha value is -1.13. The molecule has 2 rings (SSSR count). The van der Waals surface area contributed by atoms with Crippen LogP contribution in [0.4, 0.5) is 0 Å². The van der Waals surface area contributed by atoms with Crippen molar-refractivity contribution in [2.24, 2.45) is 5.41 Å². The third-order valence-corrected chi connectivity index (χ3v) is 3.44. The molecule has 4 nitrogen and oxygen atoms in total. The van der Waals surface area contributed by atoms with Gasteiger partial charge in [-0.15, -0.1) is 0 Å². The summed E-state index contributed by atoms with van der Waals surface area (Å²) in [6.07, 6.45) is 5.22. The normalized spacial score (nSPS) is 16.8. The van der Waals surface area contributed by atoms with E-state index in [1.165, 1.54) is 12.8 Å². The van der Waals surface area contributed by atoms with Gasteiger partial charge in [-0.1, -0.05) is 6.07 Å². The van der Waals surface area contributed by atoms with Crippen LogP contribution < -0.4 is 10.1 Å². The highest BCUT2D eigenvalue weighted by atomic mass is 16.5. The number of rotatable bonds is 7. The first-order valence-electron chi connectivity index (χ1n) is 6.08. The SMILES string of the molecule is COc1ccc(CNCC2(CCO)CC2)cn1. The molecular weight excluding hydrogens is 216 g/mol. The van der Waals surface area contributed by atoms with Gasteiger partial charge in [0.15, 0.2) is 0 Å². The number of aliphatic hydroxyl groups is 1. The molecule has 0 unspecified atom stereocenters. The highest BCUT2D eigenvalue weighted by Gasteiger charge is 2.41. The van der Waals surface area contributed by atoms with Crippen molar-refractivity contribution in [3.05, 3.63) is 23.9 Å². The van der Waals surface area contributed by atoms with Gasteiger partial charge in [0.25, 0.3) is 0 Å². The minimum atomic E-state index is 0.297. The van der Waals surface area contributed by atoms with Gasteiger partial charge in [-0.2, -0.15) is 0 Å². The Bertz CT molecular complexity index is 347. The molecule has 0 radical (unpaired) electrons. The van der Waals surface area contributed by atoms with Gasteiger partial charge in [-0.25, -0.2) is 4.98 Å². The van der Waals surface area contributed by atoms with Crippen molar-refractivity contribution in [3.63, 3.8) is 0 Å². The first-order chi connectivity index (χ1) is 8.28. The molecule has 0 saturated heterocycles. The van der Waals surface area contributed by atoms with Crippen molar-refractivity contribution in [2.45, 2.75) is 25.8 Å². The maximum Gasteiger partial charge on any atom is 0.212 e. The number of aliphatic hydroxyl groups excluding tert-OH is 1. The van der Waals surface area contributed by atoms with E-state index in [4.69, 9.17) is 9.84 Å². The molecular formula is C13H20N2O2. The van der Waals surface area contributed by atoms with Crippen molar-refractivity contribution in [1.29, 1.82) is 0 Å². The minimum Gasteiger partial charge on any atom is -0.481 e. The predicted molar refractivity (Wildman–Crippen MR) is 65.9 cm³/mol. The lowest BCUT2D eigenvalue weighted by atomic mass is 10.0. The summed E-state index contributed by atoms with van der Waals surface area (Å²) in [6.45, 7) is 2.11. The molecule has 1 heterocycles. The van der Waals surface area contributed by atoms with Crippen LogP contribution in [0.5, 0.6) is 5.88 Å². The summed E-state index contributed by atoms with van der Waals surface area (Å²) in [7, 11) is 1.62. The number of nitrogens with one attached hydrogen (secondary N) is 1. The number of hydrogen-bond acceptors (Lipinski definition) is 4. The van der Waals surface area contributed by atoms with Crippen molar-refractivity contribution < 1.29 is 9.84 Å². The Balaban J connectivity index is 1.74.